The summed E-state index contributed by atoms with van der Waals surface area (Å²) in [4.78, 5) is 22.7. The summed E-state index contributed by atoms with van der Waals surface area (Å²) in [5.41, 5.74) is 0. The largest absolute Gasteiger partial charge is 1.00 e. The first-order chi connectivity index (χ1) is 16.9. The van der Waals surface area contributed by atoms with Crippen LogP contribution < -0.4 is 29.6 Å². The average molecular weight is 567 g/mol. The van der Waals surface area contributed by atoms with Crippen LogP contribution in [-0.2, 0) is 52.9 Å². The molecule has 0 amide bonds. The molecule has 0 N–H and O–H groups in total. The van der Waals surface area contributed by atoms with Gasteiger partial charge in [-0.05, 0) is 26.7 Å². The third-order valence-corrected chi connectivity index (χ3v) is 5.41. The molecule has 0 radical (unpaired) electrons. The molecular weight excluding hydrogens is 523 g/mol. The summed E-state index contributed by atoms with van der Waals surface area (Å²) in [7, 11) is -4.98. The topological polar surface area (TPSA) is 156 Å². The van der Waals surface area contributed by atoms with Crippen LogP contribution >= 0.6 is 0 Å². The molecule has 0 aliphatic rings. The van der Waals surface area contributed by atoms with E-state index in [1.54, 1.807) is 0 Å². The predicted molar refractivity (Wildman–Crippen MR) is 129 cm³/mol. The van der Waals surface area contributed by atoms with Crippen LogP contribution in [0.2, 0.25) is 0 Å². The second-order valence-corrected chi connectivity index (χ2v) is 10.2. The van der Waals surface area contributed by atoms with Crippen LogP contribution in [0.15, 0.2) is 0 Å². The van der Waals surface area contributed by atoms with Crippen molar-refractivity contribution in [2.75, 3.05) is 72.7 Å². The minimum Gasteiger partial charge on any atom is -0.747 e. The van der Waals surface area contributed by atoms with E-state index >= 15 is 0 Å². The zero-order valence-corrected chi connectivity index (χ0v) is 25.9. The normalized spacial score (nSPS) is 14.1. The first-order valence-electron chi connectivity index (χ1n) is 12.1. The minimum atomic E-state index is -4.98. The van der Waals surface area contributed by atoms with E-state index in [0.717, 1.165) is 6.92 Å². The zero-order chi connectivity index (χ0) is 27.4. The van der Waals surface area contributed by atoms with Crippen molar-refractivity contribution in [2.45, 2.75) is 58.5 Å². The standard InChI is InChI=1S/C23H44O12S.Na/c1-18(2)15-34-21(5)17-35-20(4)16-32-11-10-30-7-6-29-8-9-31-12-13-33-23(25)22(14-19(3)24)36(26,27)28;/h18,20-22H,6-17H2,1-5H3,(H,26,27,28);/q;+1/p-1. The quantitative estimate of drug-likeness (QED) is 0.0547. The maximum Gasteiger partial charge on any atom is 1.00 e. The number of carbonyl (C=O) groups is 2. The number of ether oxygens (including phenoxy) is 7. The number of hydrogen-bond acceptors (Lipinski definition) is 12. The predicted octanol–water partition coefficient (Wildman–Crippen LogP) is -2.04. The Hall–Kier alpha value is -0.190. The molecule has 0 aliphatic heterocycles. The summed E-state index contributed by atoms with van der Waals surface area (Å²) < 4.78 is 70.7. The van der Waals surface area contributed by atoms with Crippen molar-refractivity contribution >= 4 is 21.9 Å². The number of esters is 1. The minimum absolute atomic E-state index is 0. The molecule has 37 heavy (non-hydrogen) atoms. The maximum atomic E-state index is 11.7. The smallest absolute Gasteiger partial charge is 0.747 e. The van der Waals surface area contributed by atoms with Gasteiger partial charge < -0.3 is 37.7 Å². The summed E-state index contributed by atoms with van der Waals surface area (Å²) in [6, 6.07) is 0. The maximum absolute atomic E-state index is 11.7. The van der Waals surface area contributed by atoms with Gasteiger partial charge in [0.15, 0.2) is 5.25 Å². The van der Waals surface area contributed by atoms with Gasteiger partial charge in [0.25, 0.3) is 0 Å². The van der Waals surface area contributed by atoms with E-state index in [2.05, 4.69) is 13.8 Å². The molecule has 0 saturated heterocycles. The van der Waals surface area contributed by atoms with Gasteiger partial charge in [0.2, 0.25) is 0 Å². The Morgan fingerprint density at radius 2 is 1.14 bits per heavy atom. The molecule has 3 atom stereocenters. The van der Waals surface area contributed by atoms with Gasteiger partial charge in [-0.25, -0.2) is 8.42 Å². The average Bonchev–Trinajstić information content (AvgIpc) is 2.78. The van der Waals surface area contributed by atoms with Crippen LogP contribution in [0.3, 0.4) is 0 Å². The number of ketones is 1. The zero-order valence-electron chi connectivity index (χ0n) is 23.1. The Kier molecular flexibility index (Phi) is 24.9. The van der Waals surface area contributed by atoms with E-state index < -0.39 is 33.5 Å². The van der Waals surface area contributed by atoms with Gasteiger partial charge in [-0.15, -0.1) is 0 Å². The van der Waals surface area contributed by atoms with Crippen molar-refractivity contribution in [3.05, 3.63) is 0 Å². The van der Waals surface area contributed by atoms with E-state index in [9.17, 15) is 22.6 Å². The summed E-state index contributed by atoms with van der Waals surface area (Å²) in [6.07, 6.45) is -0.707. The third kappa shape index (κ3) is 24.6. The van der Waals surface area contributed by atoms with E-state index in [1.807, 2.05) is 13.8 Å². The number of carbonyl (C=O) groups excluding carboxylic acids is 2. The molecule has 0 saturated carbocycles. The van der Waals surface area contributed by atoms with Gasteiger partial charge in [0.1, 0.15) is 22.5 Å². The van der Waals surface area contributed by atoms with E-state index in [0.29, 0.717) is 52.2 Å². The molecule has 0 bridgehead atoms. The van der Waals surface area contributed by atoms with Crippen molar-refractivity contribution in [1.29, 1.82) is 0 Å². The van der Waals surface area contributed by atoms with Gasteiger partial charge in [-0.2, -0.15) is 0 Å². The van der Waals surface area contributed by atoms with Crippen molar-refractivity contribution in [3.8, 4) is 0 Å². The van der Waals surface area contributed by atoms with E-state index in [-0.39, 0.29) is 68.2 Å². The first kappa shape index (κ1) is 39.0. The Morgan fingerprint density at radius 1 is 0.703 bits per heavy atom. The second kappa shape index (κ2) is 23.7. The molecule has 0 aliphatic carbocycles. The fourth-order valence-corrected chi connectivity index (χ4v) is 3.26. The van der Waals surface area contributed by atoms with Crippen LogP contribution in [0.5, 0.6) is 0 Å². The van der Waals surface area contributed by atoms with Gasteiger partial charge in [0, 0.05) is 13.0 Å². The van der Waals surface area contributed by atoms with Crippen molar-refractivity contribution in [2.24, 2.45) is 5.92 Å². The van der Waals surface area contributed by atoms with Crippen LogP contribution in [0, 0.1) is 5.92 Å². The summed E-state index contributed by atoms with van der Waals surface area (Å²) in [6.45, 7) is 12.8. The molecule has 0 fully saturated rings. The van der Waals surface area contributed by atoms with Gasteiger partial charge in [0.05, 0.1) is 71.7 Å². The fourth-order valence-electron chi connectivity index (χ4n) is 2.52. The fraction of sp³-hybridized carbons (Fsp3) is 0.913. The molecule has 0 aromatic carbocycles. The molecule has 12 nitrogen and oxygen atoms in total. The van der Waals surface area contributed by atoms with Gasteiger partial charge >= 0.3 is 35.5 Å². The third-order valence-electron chi connectivity index (χ3n) is 4.35. The van der Waals surface area contributed by atoms with E-state index in [4.69, 9.17) is 33.2 Å². The Bertz CT molecular complexity index is 689. The van der Waals surface area contributed by atoms with E-state index in [1.165, 1.54) is 0 Å². The molecule has 3 unspecified atom stereocenters. The Labute approximate surface area is 243 Å². The Balaban J connectivity index is 0. The molecule has 214 valence electrons. The first-order valence-corrected chi connectivity index (χ1v) is 13.6. The number of hydrogen-bond donors (Lipinski definition) is 0. The van der Waals surface area contributed by atoms with Crippen LogP contribution in [0.1, 0.15) is 41.0 Å². The Morgan fingerprint density at radius 3 is 1.59 bits per heavy atom. The number of Topliss-reactive ketones (excluding diaryl/α,β-unsaturated/α-hetero) is 1. The van der Waals surface area contributed by atoms with Crippen LogP contribution in [0.25, 0.3) is 0 Å². The van der Waals surface area contributed by atoms with Gasteiger partial charge in [-0.1, -0.05) is 13.8 Å². The second-order valence-electron chi connectivity index (χ2n) is 8.65. The molecule has 0 heterocycles. The molecule has 0 spiro atoms. The van der Waals surface area contributed by atoms with Crippen molar-refractivity contribution < 1.29 is 85.3 Å². The van der Waals surface area contributed by atoms with Crippen LogP contribution in [-0.4, -0.2) is 115 Å². The molecule has 0 aromatic rings. The van der Waals surface area contributed by atoms with Gasteiger partial charge in [-0.3, -0.25) is 9.59 Å². The summed E-state index contributed by atoms with van der Waals surface area (Å²) >= 11 is 0. The van der Waals surface area contributed by atoms with Crippen molar-refractivity contribution in [1.82, 2.24) is 0 Å². The monoisotopic (exact) mass is 566 g/mol. The van der Waals surface area contributed by atoms with Crippen LogP contribution in [0.4, 0.5) is 0 Å². The summed E-state index contributed by atoms with van der Waals surface area (Å²) in [5, 5.41) is -2.04. The summed E-state index contributed by atoms with van der Waals surface area (Å²) in [5.74, 6) is -1.37. The molecule has 0 aromatic heterocycles. The van der Waals surface area contributed by atoms with Crippen molar-refractivity contribution in [3.63, 3.8) is 0 Å². The molecular formula is C23H43NaO12S. The number of rotatable bonds is 24. The SMILES string of the molecule is CC(=O)CC(C(=O)OCCOCCOCCOCCOCC(C)OCC(C)OCC(C)C)S(=O)(=O)[O-].[Na+]. The molecule has 14 heteroatoms. The molecule has 0 rings (SSSR count).